The van der Waals surface area contributed by atoms with Gasteiger partial charge in [-0.05, 0) is 55.2 Å². The van der Waals surface area contributed by atoms with Gasteiger partial charge >= 0.3 is 6.09 Å². The van der Waals surface area contributed by atoms with Crippen molar-refractivity contribution in [3.63, 3.8) is 0 Å². The van der Waals surface area contributed by atoms with Gasteiger partial charge in [-0.2, -0.15) is 5.26 Å². The van der Waals surface area contributed by atoms with Crippen LogP contribution >= 0.6 is 11.6 Å². The summed E-state index contributed by atoms with van der Waals surface area (Å²) in [4.78, 5) is 39.6. The smallest absolute Gasteiger partial charge is 0.410 e. The second-order valence-corrected chi connectivity index (χ2v) is 9.88. The molecule has 0 radical (unpaired) electrons. The van der Waals surface area contributed by atoms with E-state index >= 15 is 0 Å². The number of nitrogens with zero attached hydrogens (tertiary/aromatic N) is 2. The van der Waals surface area contributed by atoms with Gasteiger partial charge in [0.2, 0.25) is 11.8 Å². The first-order chi connectivity index (χ1) is 15.9. The number of halogens is 1. The van der Waals surface area contributed by atoms with Crippen LogP contribution in [-0.2, 0) is 20.9 Å². The summed E-state index contributed by atoms with van der Waals surface area (Å²) in [6.07, 6.45) is 5.05. The minimum Gasteiger partial charge on any atom is -0.445 e. The van der Waals surface area contributed by atoms with Crippen molar-refractivity contribution in [1.82, 2.24) is 15.5 Å². The number of carbonyl (C=O) groups excluding carboxylic acids is 3. The molecule has 8 nitrogen and oxygen atoms in total. The average Bonchev–Trinajstić information content (AvgIpc) is 3.53. The van der Waals surface area contributed by atoms with Crippen molar-refractivity contribution >= 4 is 29.5 Å². The number of amides is 3. The molecule has 2 heterocycles. The molecule has 33 heavy (non-hydrogen) atoms. The van der Waals surface area contributed by atoms with Crippen LogP contribution in [0.25, 0.3) is 0 Å². The summed E-state index contributed by atoms with van der Waals surface area (Å²) in [5.41, 5.74) is 0.691. The Morgan fingerprint density at radius 3 is 2.82 bits per heavy atom. The molecule has 3 atom stereocenters. The highest BCUT2D eigenvalue weighted by Gasteiger charge is 2.50. The number of nitrogens with one attached hydrogen (secondary N) is 2. The minimum atomic E-state index is -0.782. The van der Waals surface area contributed by atoms with Crippen LogP contribution in [0.5, 0.6) is 0 Å². The van der Waals surface area contributed by atoms with Crippen LogP contribution in [0.2, 0.25) is 5.02 Å². The zero-order valence-electron chi connectivity index (χ0n) is 18.5. The standard InChI is InChI=1S/C24H29ClN4O4/c25-18-5-3-4-16(10-18)14-33-23(32)29-15-24(7-1-2-8-24)12-20(29)22(31)28-19(13-26)11-17-6-9-27-21(17)30/h3-5,10,17,19-20H,1-2,6-9,11-12,14-15H2,(H,27,30)(H,28,31)/t17-,19-,20?/m0/s1. The summed E-state index contributed by atoms with van der Waals surface area (Å²) in [5.74, 6) is -0.719. The normalized spacial score (nSPS) is 24.4. The van der Waals surface area contributed by atoms with Gasteiger partial charge in [0, 0.05) is 24.0 Å². The molecule has 2 aliphatic heterocycles. The summed E-state index contributed by atoms with van der Waals surface area (Å²) < 4.78 is 5.53. The molecular formula is C24H29ClN4O4. The number of ether oxygens (including phenoxy) is 1. The van der Waals surface area contributed by atoms with E-state index in [2.05, 4.69) is 16.7 Å². The first kappa shape index (κ1) is 23.4. The number of benzene rings is 1. The van der Waals surface area contributed by atoms with E-state index in [1.165, 1.54) is 4.90 Å². The molecule has 2 N–H and O–H groups in total. The van der Waals surface area contributed by atoms with Crippen LogP contribution in [0.3, 0.4) is 0 Å². The number of rotatable bonds is 6. The Morgan fingerprint density at radius 2 is 2.15 bits per heavy atom. The summed E-state index contributed by atoms with van der Waals surface area (Å²) in [6.45, 7) is 1.13. The third-order valence-corrected chi connectivity index (χ3v) is 7.35. The second-order valence-electron chi connectivity index (χ2n) is 9.44. The fourth-order valence-corrected chi connectivity index (χ4v) is 5.60. The Labute approximate surface area is 198 Å². The average molecular weight is 473 g/mol. The van der Waals surface area contributed by atoms with Crippen molar-refractivity contribution in [2.75, 3.05) is 13.1 Å². The van der Waals surface area contributed by atoms with E-state index in [1.54, 1.807) is 18.2 Å². The third-order valence-electron chi connectivity index (χ3n) is 7.12. The Balaban J connectivity index is 1.42. The van der Waals surface area contributed by atoms with Crippen LogP contribution in [0.1, 0.15) is 50.5 Å². The van der Waals surface area contributed by atoms with Gasteiger partial charge in [-0.1, -0.05) is 36.6 Å². The molecule has 1 aliphatic carbocycles. The summed E-state index contributed by atoms with van der Waals surface area (Å²) >= 11 is 6.01. The lowest BCUT2D eigenvalue weighted by Gasteiger charge is -2.25. The summed E-state index contributed by atoms with van der Waals surface area (Å²) in [7, 11) is 0. The number of hydrogen-bond acceptors (Lipinski definition) is 5. The molecule has 4 rings (SSSR count). The fraction of sp³-hybridized carbons (Fsp3) is 0.583. The molecule has 2 saturated heterocycles. The molecule has 1 saturated carbocycles. The summed E-state index contributed by atoms with van der Waals surface area (Å²) in [6, 6.07) is 7.72. The molecule has 1 spiro atoms. The fourth-order valence-electron chi connectivity index (χ4n) is 5.39. The monoisotopic (exact) mass is 472 g/mol. The van der Waals surface area contributed by atoms with Gasteiger partial charge in [-0.25, -0.2) is 4.79 Å². The minimum absolute atomic E-state index is 0.0643. The number of nitriles is 1. The first-order valence-corrected chi connectivity index (χ1v) is 11.9. The topological polar surface area (TPSA) is 112 Å². The predicted octanol–water partition coefficient (Wildman–Crippen LogP) is 3.15. The van der Waals surface area contributed by atoms with Crippen molar-refractivity contribution in [3.8, 4) is 6.07 Å². The number of likely N-dealkylation sites (tertiary alicyclic amines) is 1. The van der Waals surface area contributed by atoms with Crippen LogP contribution in [0, 0.1) is 22.7 Å². The Morgan fingerprint density at radius 1 is 1.36 bits per heavy atom. The lowest BCUT2D eigenvalue weighted by Crippen LogP contribution is -2.49. The molecule has 1 aromatic carbocycles. The first-order valence-electron chi connectivity index (χ1n) is 11.5. The van der Waals surface area contributed by atoms with Crippen molar-refractivity contribution in [1.29, 1.82) is 5.26 Å². The van der Waals surface area contributed by atoms with E-state index in [-0.39, 0.29) is 36.2 Å². The Kier molecular flexibility index (Phi) is 7.08. The van der Waals surface area contributed by atoms with Gasteiger partial charge in [0.15, 0.2) is 0 Å². The van der Waals surface area contributed by atoms with Gasteiger partial charge < -0.3 is 15.4 Å². The van der Waals surface area contributed by atoms with E-state index in [1.807, 2.05) is 6.07 Å². The van der Waals surface area contributed by atoms with Gasteiger partial charge in [0.25, 0.3) is 0 Å². The molecule has 176 valence electrons. The van der Waals surface area contributed by atoms with E-state index < -0.39 is 18.2 Å². The van der Waals surface area contributed by atoms with Crippen LogP contribution in [0.4, 0.5) is 4.79 Å². The van der Waals surface area contributed by atoms with Gasteiger partial charge in [0.05, 0.1) is 6.07 Å². The molecule has 3 aliphatic rings. The third kappa shape index (κ3) is 5.41. The molecule has 9 heteroatoms. The van der Waals surface area contributed by atoms with E-state index in [4.69, 9.17) is 16.3 Å². The van der Waals surface area contributed by atoms with Gasteiger partial charge in [0.1, 0.15) is 18.7 Å². The van der Waals surface area contributed by atoms with E-state index in [0.717, 1.165) is 31.2 Å². The number of carbonyl (C=O) groups is 3. The molecule has 3 fully saturated rings. The van der Waals surface area contributed by atoms with Crippen LogP contribution < -0.4 is 10.6 Å². The molecule has 0 bridgehead atoms. The van der Waals surface area contributed by atoms with Crippen molar-refractivity contribution in [2.24, 2.45) is 11.3 Å². The summed E-state index contributed by atoms with van der Waals surface area (Å²) in [5, 5.41) is 15.7. The highest BCUT2D eigenvalue weighted by molar-refractivity contribution is 6.30. The van der Waals surface area contributed by atoms with Crippen molar-refractivity contribution in [2.45, 2.75) is 63.6 Å². The zero-order valence-corrected chi connectivity index (χ0v) is 19.3. The lowest BCUT2D eigenvalue weighted by atomic mass is 9.84. The Hall–Kier alpha value is -2.79. The largest absolute Gasteiger partial charge is 0.445 e. The zero-order chi connectivity index (χ0) is 23.4. The van der Waals surface area contributed by atoms with E-state index in [0.29, 0.717) is 31.0 Å². The molecule has 1 aromatic rings. The molecule has 0 aromatic heterocycles. The van der Waals surface area contributed by atoms with Crippen molar-refractivity contribution < 1.29 is 19.1 Å². The Bertz CT molecular complexity index is 956. The van der Waals surface area contributed by atoms with Gasteiger partial charge in [-0.3, -0.25) is 14.5 Å². The maximum absolute atomic E-state index is 13.2. The molecular weight excluding hydrogens is 444 g/mol. The van der Waals surface area contributed by atoms with E-state index in [9.17, 15) is 19.6 Å². The van der Waals surface area contributed by atoms with Gasteiger partial charge in [-0.15, -0.1) is 0 Å². The number of hydrogen-bond donors (Lipinski definition) is 2. The predicted molar refractivity (Wildman–Crippen MR) is 121 cm³/mol. The quantitative estimate of drug-likeness (QED) is 0.660. The van der Waals surface area contributed by atoms with Crippen LogP contribution in [-0.4, -0.2) is 48.0 Å². The molecule has 1 unspecified atom stereocenters. The highest BCUT2D eigenvalue weighted by atomic mass is 35.5. The maximum atomic E-state index is 13.2. The second kappa shape index (κ2) is 10.0. The van der Waals surface area contributed by atoms with Crippen molar-refractivity contribution in [3.05, 3.63) is 34.9 Å². The maximum Gasteiger partial charge on any atom is 0.410 e. The van der Waals surface area contributed by atoms with Crippen LogP contribution in [0.15, 0.2) is 24.3 Å². The highest BCUT2D eigenvalue weighted by Crippen LogP contribution is 2.48. The lowest BCUT2D eigenvalue weighted by molar-refractivity contribution is -0.126. The SMILES string of the molecule is N#C[C@H](C[C@@H]1CCNC1=O)NC(=O)C1CC2(CCCC2)CN1C(=O)OCc1cccc(Cl)c1. The molecule has 3 amide bonds.